The van der Waals surface area contributed by atoms with Crippen LogP contribution in [0.5, 0.6) is 0 Å². The Balaban J connectivity index is 2.57. The van der Waals surface area contributed by atoms with Crippen LogP contribution in [0.25, 0.3) is 0 Å². The van der Waals surface area contributed by atoms with E-state index in [2.05, 4.69) is 13.8 Å². The third kappa shape index (κ3) is 1.59. The number of allylic oxidation sites excluding steroid dienone is 2. The summed E-state index contributed by atoms with van der Waals surface area (Å²) in [5.41, 5.74) is 0.221. The summed E-state index contributed by atoms with van der Waals surface area (Å²) in [6.07, 6.45) is 3.99. The lowest BCUT2D eigenvalue weighted by Crippen LogP contribution is -2.00. The third-order valence-corrected chi connectivity index (χ3v) is 1.77. The fourth-order valence-corrected chi connectivity index (χ4v) is 1.18. The molecule has 0 aromatic rings. The SMILES string of the molecule is CC1(C)C=C(OC=O)CC1. The van der Waals surface area contributed by atoms with E-state index in [1.165, 1.54) is 0 Å². The van der Waals surface area contributed by atoms with Gasteiger partial charge in [0.1, 0.15) is 5.76 Å². The molecule has 0 aromatic heterocycles. The van der Waals surface area contributed by atoms with Crippen molar-refractivity contribution in [3.63, 3.8) is 0 Å². The lowest BCUT2D eigenvalue weighted by Gasteiger charge is -2.10. The van der Waals surface area contributed by atoms with E-state index in [0.29, 0.717) is 6.47 Å². The highest BCUT2D eigenvalue weighted by molar-refractivity contribution is 5.40. The number of hydrogen-bond donors (Lipinski definition) is 0. The first-order valence-electron chi connectivity index (χ1n) is 3.46. The zero-order chi connectivity index (χ0) is 7.61. The molecule has 0 radical (unpaired) electrons. The molecule has 0 unspecified atom stereocenters. The summed E-state index contributed by atoms with van der Waals surface area (Å²) in [6, 6.07) is 0. The lowest BCUT2D eigenvalue weighted by molar-refractivity contribution is -0.125. The molecule has 2 heteroatoms. The minimum absolute atomic E-state index is 0.221. The van der Waals surface area contributed by atoms with Crippen molar-refractivity contribution in [2.24, 2.45) is 5.41 Å². The summed E-state index contributed by atoms with van der Waals surface area (Å²) in [4.78, 5) is 9.91. The fraction of sp³-hybridized carbons (Fsp3) is 0.625. The van der Waals surface area contributed by atoms with E-state index in [0.717, 1.165) is 18.6 Å². The van der Waals surface area contributed by atoms with Crippen LogP contribution in [0.15, 0.2) is 11.8 Å². The quantitative estimate of drug-likeness (QED) is 0.547. The van der Waals surface area contributed by atoms with Gasteiger partial charge in [-0.2, -0.15) is 0 Å². The average Bonchev–Trinajstić information content (AvgIpc) is 2.12. The molecule has 0 saturated carbocycles. The first kappa shape index (κ1) is 7.32. The summed E-state index contributed by atoms with van der Waals surface area (Å²) >= 11 is 0. The Morgan fingerprint density at radius 2 is 2.40 bits per heavy atom. The predicted octanol–water partition coefficient (Wildman–Crippen LogP) is 1.86. The lowest BCUT2D eigenvalue weighted by atomic mass is 9.94. The van der Waals surface area contributed by atoms with Gasteiger partial charge in [-0.15, -0.1) is 0 Å². The summed E-state index contributed by atoms with van der Waals surface area (Å²) in [5, 5.41) is 0. The van der Waals surface area contributed by atoms with E-state index >= 15 is 0 Å². The van der Waals surface area contributed by atoms with Gasteiger partial charge < -0.3 is 4.74 Å². The zero-order valence-electron chi connectivity index (χ0n) is 6.39. The van der Waals surface area contributed by atoms with Crippen LogP contribution in [0.3, 0.4) is 0 Å². The van der Waals surface area contributed by atoms with Gasteiger partial charge in [-0.05, 0) is 17.9 Å². The zero-order valence-corrected chi connectivity index (χ0v) is 6.39. The van der Waals surface area contributed by atoms with Gasteiger partial charge in [0.15, 0.2) is 0 Å². The van der Waals surface area contributed by atoms with Crippen molar-refractivity contribution >= 4 is 6.47 Å². The van der Waals surface area contributed by atoms with Crippen LogP contribution in [0, 0.1) is 5.41 Å². The van der Waals surface area contributed by atoms with Crippen molar-refractivity contribution in [2.75, 3.05) is 0 Å². The van der Waals surface area contributed by atoms with E-state index in [4.69, 9.17) is 4.74 Å². The minimum atomic E-state index is 0.221. The number of hydrogen-bond acceptors (Lipinski definition) is 2. The maximum absolute atomic E-state index is 9.91. The second-order valence-electron chi connectivity index (χ2n) is 3.31. The Hall–Kier alpha value is -0.790. The second kappa shape index (κ2) is 2.45. The van der Waals surface area contributed by atoms with Crippen LogP contribution in [0.2, 0.25) is 0 Å². The molecular weight excluding hydrogens is 128 g/mol. The van der Waals surface area contributed by atoms with Gasteiger partial charge >= 0.3 is 0 Å². The smallest absolute Gasteiger partial charge is 0.298 e. The molecule has 1 rings (SSSR count). The largest absolute Gasteiger partial charge is 0.434 e. The minimum Gasteiger partial charge on any atom is -0.434 e. The molecule has 0 atom stereocenters. The monoisotopic (exact) mass is 140 g/mol. The Morgan fingerprint density at radius 3 is 2.80 bits per heavy atom. The molecule has 10 heavy (non-hydrogen) atoms. The molecule has 0 aromatic carbocycles. The molecule has 1 aliphatic rings. The normalized spacial score (nSPS) is 22.0. The van der Waals surface area contributed by atoms with E-state index in [1.807, 2.05) is 6.08 Å². The Kier molecular flexibility index (Phi) is 1.79. The molecular formula is C8H12O2. The summed E-state index contributed by atoms with van der Waals surface area (Å²) < 4.78 is 4.72. The number of rotatable bonds is 2. The Morgan fingerprint density at radius 1 is 1.70 bits per heavy atom. The van der Waals surface area contributed by atoms with Crippen molar-refractivity contribution in [1.82, 2.24) is 0 Å². The van der Waals surface area contributed by atoms with Crippen molar-refractivity contribution in [3.05, 3.63) is 11.8 Å². The van der Waals surface area contributed by atoms with E-state index in [-0.39, 0.29) is 5.41 Å². The summed E-state index contributed by atoms with van der Waals surface area (Å²) in [6.45, 7) is 4.76. The second-order valence-corrected chi connectivity index (χ2v) is 3.31. The molecule has 0 fully saturated rings. The summed E-state index contributed by atoms with van der Waals surface area (Å²) in [5.74, 6) is 0.819. The molecule has 2 nitrogen and oxygen atoms in total. The van der Waals surface area contributed by atoms with Crippen molar-refractivity contribution in [1.29, 1.82) is 0 Å². The van der Waals surface area contributed by atoms with Crippen LogP contribution in [-0.4, -0.2) is 6.47 Å². The van der Waals surface area contributed by atoms with Crippen molar-refractivity contribution in [3.8, 4) is 0 Å². The Labute approximate surface area is 60.9 Å². The number of carbonyl (C=O) groups is 1. The van der Waals surface area contributed by atoms with E-state index < -0.39 is 0 Å². The highest BCUT2D eigenvalue weighted by atomic mass is 16.5. The summed E-state index contributed by atoms with van der Waals surface area (Å²) in [7, 11) is 0. The molecule has 0 saturated heterocycles. The van der Waals surface area contributed by atoms with E-state index in [1.54, 1.807) is 0 Å². The van der Waals surface area contributed by atoms with Gasteiger partial charge in [0.25, 0.3) is 6.47 Å². The standard InChI is InChI=1S/C8H12O2/c1-8(2)4-3-7(5-8)10-6-9/h5-6H,3-4H2,1-2H3. The van der Waals surface area contributed by atoms with Gasteiger partial charge in [0, 0.05) is 6.42 Å². The maximum atomic E-state index is 9.91. The highest BCUT2D eigenvalue weighted by Crippen LogP contribution is 2.34. The fourth-order valence-electron chi connectivity index (χ4n) is 1.18. The molecule has 0 amide bonds. The predicted molar refractivity (Wildman–Crippen MR) is 38.2 cm³/mol. The van der Waals surface area contributed by atoms with Crippen LogP contribution >= 0.6 is 0 Å². The molecule has 0 aliphatic heterocycles. The van der Waals surface area contributed by atoms with Gasteiger partial charge in [-0.25, -0.2) is 0 Å². The van der Waals surface area contributed by atoms with Crippen LogP contribution in [0.4, 0.5) is 0 Å². The number of ether oxygens (including phenoxy) is 1. The van der Waals surface area contributed by atoms with Gasteiger partial charge in [-0.1, -0.05) is 13.8 Å². The maximum Gasteiger partial charge on any atom is 0.298 e. The van der Waals surface area contributed by atoms with Crippen LogP contribution in [0.1, 0.15) is 26.7 Å². The first-order chi connectivity index (χ1) is 4.64. The molecule has 0 N–H and O–H groups in total. The highest BCUT2D eigenvalue weighted by Gasteiger charge is 2.23. The van der Waals surface area contributed by atoms with Crippen molar-refractivity contribution < 1.29 is 9.53 Å². The topological polar surface area (TPSA) is 26.3 Å². The first-order valence-corrected chi connectivity index (χ1v) is 3.46. The van der Waals surface area contributed by atoms with E-state index in [9.17, 15) is 4.79 Å². The van der Waals surface area contributed by atoms with Crippen LogP contribution in [-0.2, 0) is 9.53 Å². The van der Waals surface area contributed by atoms with Crippen molar-refractivity contribution in [2.45, 2.75) is 26.7 Å². The van der Waals surface area contributed by atoms with Gasteiger partial charge in [-0.3, -0.25) is 4.79 Å². The molecule has 0 heterocycles. The molecule has 0 bridgehead atoms. The van der Waals surface area contributed by atoms with Gasteiger partial charge in [0.05, 0.1) is 0 Å². The molecule has 56 valence electrons. The molecule has 0 spiro atoms. The number of carbonyl (C=O) groups excluding carboxylic acids is 1. The van der Waals surface area contributed by atoms with Gasteiger partial charge in [0.2, 0.25) is 0 Å². The average molecular weight is 140 g/mol. The van der Waals surface area contributed by atoms with Crippen LogP contribution < -0.4 is 0 Å². The third-order valence-electron chi connectivity index (χ3n) is 1.77. The Bertz CT molecular complexity index is 168. The molecule has 1 aliphatic carbocycles.